The highest BCUT2D eigenvalue weighted by Gasteiger charge is 2.28. The van der Waals surface area contributed by atoms with E-state index in [2.05, 4.69) is 15.5 Å². The van der Waals surface area contributed by atoms with Gasteiger partial charge in [0.05, 0.1) is 11.8 Å². The summed E-state index contributed by atoms with van der Waals surface area (Å²) in [6.07, 6.45) is 2.12. The molecule has 2 rings (SSSR count). The fraction of sp³-hybridized carbons (Fsp3) is 0.750. The topological polar surface area (TPSA) is 101 Å². The van der Waals surface area contributed by atoms with E-state index < -0.39 is 5.97 Å². The number of aromatic nitrogens is 4. The van der Waals surface area contributed by atoms with Gasteiger partial charge in [0.25, 0.3) is 0 Å². The zero-order valence-electron chi connectivity index (χ0n) is 12.1. The SMILES string of the molecule is CC(C)CN(CC(=O)O)C(=O)CSc1nnnn1C1CC1. The summed E-state index contributed by atoms with van der Waals surface area (Å²) in [5.41, 5.74) is 0. The largest absolute Gasteiger partial charge is 0.480 e. The van der Waals surface area contributed by atoms with Crippen molar-refractivity contribution >= 4 is 23.6 Å². The van der Waals surface area contributed by atoms with Crippen molar-refractivity contribution in [3.63, 3.8) is 0 Å². The van der Waals surface area contributed by atoms with Crippen LogP contribution in [0.2, 0.25) is 0 Å². The van der Waals surface area contributed by atoms with Crippen LogP contribution >= 0.6 is 11.8 Å². The average molecular weight is 313 g/mol. The summed E-state index contributed by atoms with van der Waals surface area (Å²) in [5.74, 6) is -0.846. The van der Waals surface area contributed by atoms with Crippen LogP contribution in [0.3, 0.4) is 0 Å². The van der Waals surface area contributed by atoms with Crippen LogP contribution in [-0.4, -0.2) is 60.9 Å². The predicted molar refractivity (Wildman–Crippen MR) is 75.9 cm³/mol. The summed E-state index contributed by atoms with van der Waals surface area (Å²) in [4.78, 5) is 24.4. The van der Waals surface area contributed by atoms with Crippen molar-refractivity contribution in [3.8, 4) is 0 Å². The maximum Gasteiger partial charge on any atom is 0.323 e. The summed E-state index contributed by atoms with van der Waals surface area (Å²) >= 11 is 1.26. The minimum atomic E-state index is -1.00. The van der Waals surface area contributed by atoms with Crippen LogP contribution in [-0.2, 0) is 9.59 Å². The molecular weight excluding hydrogens is 294 g/mol. The summed E-state index contributed by atoms with van der Waals surface area (Å²) in [5, 5.41) is 21.0. The second-order valence-corrected chi connectivity index (χ2v) is 6.43. The van der Waals surface area contributed by atoms with Crippen molar-refractivity contribution in [3.05, 3.63) is 0 Å². The van der Waals surface area contributed by atoms with Crippen LogP contribution in [0, 0.1) is 5.92 Å². The van der Waals surface area contributed by atoms with Gasteiger partial charge in [-0.3, -0.25) is 9.59 Å². The number of carbonyl (C=O) groups is 2. The summed E-state index contributed by atoms with van der Waals surface area (Å²) < 4.78 is 1.74. The maximum atomic E-state index is 12.2. The molecule has 1 aromatic heterocycles. The Bertz CT molecular complexity index is 515. The molecule has 0 bridgehead atoms. The molecule has 0 unspecified atom stereocenters. The van der Waals surface area contributed by atoms with E-state index in [1.165, 1.54) is 16.7 Å². The molecule has 116 valence electrons. The first-order valence-corrected chi connectivity index (χ1v) is 7.86. The van der Waals surface area contributed by atoms with Crippen molar-refractivity contribution in [1.29, 1.82) is 0 Å². The molecule has 0 spiro atoms. The zero-order valence-corrected chi connectivity index (χ0v) is 12.9. The third-order valence-electron chi connectivity index (χ3n) is 2.94. The fourth-order valence-electron chi connectivity index (χ4n) is 1.90. The van der Waals surface area contributed by atoms with E-state index in [0.29, 0.717) is 17.7 Å². The number of rotatable bonds is 8. The van der Waals surface area contributed by atoms with E-state index in [1.807, 2.05) is 13.8 Å². The third kappa shape index (κ3) is 4.69. The Morgan fingerprint density at radius 1 is 1.48 bits per heavy atom. The number of amides is 1. The van der Waals surface area contributed by atoms with Crippen molar-refractivity contribution in [2.24, 2.45) is 5.92 Å². The molecule has 1 heterocycles. The lowest BCUT2D eigenvalue weighted by Gasteiger charge is -2.22. The lowest BCUT2D eigenvalue weighted by Crippen LogP contribution is -2.39. The van der Waals surface area contributed by atoms with Crippen LogP contribution < -0.4 is 0 Å². The highest BCUT2D eigenvalue weighted by Crippen LogP contribution is 2.36. The van der Waals surface area contributed by atoms with Gasteiger partial charge in [0.1, 0.15) is 6.54 Å². The van der Waals surface area contributed by atoms with E-state index in [-0.39, 0.29) is 24.1 Å². The number of aliphatic carboxylic acids is 1. The molecule has 1 N–H and O–H groups in total. The molecule has 1 fully saturated rings. The van der Waals surface area contributed by atoms with E-state index in [4.69, 9.17) is 5.11 Å². The Labute approximate surface area is 126 Å². The summed E-state index contributed by atoms with van der Waals surface area (Å²) in [7, 11) is 0. The van der Waals surface area contributed by atoms with Gasteiger partial charge in [0.15, 0.2) is 0 Å². The fourth-order valence-corrected chi connectivity index (χ4v) is 2.75. The van der Waals surface area contributed by atoms with Crippen molar-refractivity contribution in [2.45, 2.75) is 37.9 Å². The second-order valence-electron chi connectivity index (χ2n) is 5.49. The molecule has 9 heteroatoms. The molecule has 21 heavy (non-hydrogen) atoms. The molecule has 1 aliphatic carbocycles. The lowest BCUT2D eigenvalue weighted by atomic mass is 10.2. The van der Waals surface area contributed by atoms with Gasteiger partial charge in [0, 0.05) is 6.54 Å². The van der Waals surface area contributed by atoms with Gasteiger partial charge in [-0.25, -0.2) is 4.68 Å². The molecule has 1 saturated carbocycles. The molecular formula is C12H19N5O3S. The van der Waals surface area contributed by atoms with E-state index in [0.717, 1.165) is 12.8 Å². The van der Waals surface area contributed by atoms with Gasteiger partial charge in [-0.2, -0.15) is 0 Å². The molecule has 1 aromatic rings. The Balaban J connectivity index is 1.91. The normalized spacial score (nSPS) is 14.4. The number of tetrazole rings is 1. The molecule has 0 aromatic carbocycles. The predicted octanol–water partition coefficient (Wildman–Crippen LogP) is 0.669. The average Bonchev–Trinajstić information content (AvgIpc) is 3.13. The van der Waals surface area contributed by atoms with Crippen LogP contribution in [0.4, 0.5) is 0 Å². The zero-order chi connectivity index (χ0) is 15.4. The molecule has 0 aliphatic heterocycles. The Morgan fingerprint density at radius 3 is 2.76 bits per heavy atom. The van der Waals surface area contributed by atoms with E-state index in [9.17, 15) is 9.59 Å². The van der Waals surface area contributed by atoms with Gasteiger partial charge in [-0.15, -0.1) is 5.10 Å². The lowest BCUT2D eigenvalue weighted by molar-refractivity contribution is -0.143. The molecule has 0 saturated heterocycles. The minimum Gasteiger partial charge on any atom is -0.480 e. The first-order chi connectivity index (χ1) is 9.97. The standard InChI is InChI=1S/C12H19N5O3S/c1-8(2)5-16(6-11(19)20)10(18)7-21-12-13-14-15-17(12)9-3-4-9/h8-9H,3-7H2,1-2H3,(H,19,20). The quantitative estimate of drug-likeness (QED) is 0.704. The molecule has 0 atom stereocenters. The number of carboxylic acid groups (broad SMARTS) is 1. The number of carboxylic acids is 1. The number of carbonyl (C=O) groups excluding carboxylic acids is 1. The molecule has 1 aliphatic rings. The Morgan fingerprint density at radius 2 is 2.19 bits per heavy atom. The molecule has 1 amide bonds. The second kappa shape index (κ2) is 6.88. The van der Waals surface area contributed by atoms with E-state index >= 15 is 0 Å². The van der Waals surface area contributed by atoms with Crippen LogP contribution in [0.25, 0.3) is 0 Å². The number of nitrogens with zero attached hydrogens (tertiary/aromatic N) is 5. The summed E-state index contributed by atoms with van der Waals surface area (Å²) in [6.45, 7) is 4.05. The monoisotopic (exact) mass is 313 g/mol. The first kappa shape index (κ1) is 15.7. The van der Waals surface area contributed by atoms with Gasteiger partial charge in [0.2, 0.25) is 11.1 Å². The first-order valence-electron chi connectivity index (χ1n) is 6.87. The molecule has 8 nitrogen and oxygen atoms in total. The maximum absolute atomic E-state index is 12.2. The minimum absolute atomic E-state index is 0.146. The third-order valence-corrected chi connectivity index (χ3v) is 3.86. The van der Waals surface area contributed by atoms with Gasteiger partial charge in [-0.05, 0) is 29.2 Å². The van der Waals surface area contributed by atoms with Crippen molar-refractivity contribution in [1.82, 2.24) is 25.1 Å². The highest BCUT2D eigenvalue weighted by atomic mass is 32.2. The van der Waals surface area contributed by atoms with Crippen LogP contribution in [0.1, 0.15) is 32.7 Å². The van der Waals surface area contributed by atoms with E-state index in [1.54, 1.807) is 4.68 Å². The Hall–Kier alpha value is -1.64. The smallest absolute Gasteiger partial charge is 0.323 e. The van der Waals surface area contributed by atoms with Gasteiger partial charge < -0.3 is 10.0 Å². The number of hydrogen-bond donors (Lipinski definition) is 1. The van der Waals surface area contributed by atoms with Crippen molar-refractivity contribution in [2.75, 3.05) is 18.8 Å². The van der Waals surface area contributed by atoms with Gasteiger partial charge in [-0.1, -0.05) is 25.6 Å². The van der Waals surface area contributed by atoms with Crippen molar-refractivity contribution < 1.29 is 14.7 Å². The Kier molecular flexibility index (Phi) is 5.16. The van der Waals surface area contributed by atoms with Gasteiger partial charge >= 0.3 is 5.97 Å². The molecule has 0 radical (unpaired) electrons. The number of hydrogen-bond acceptors (Lipinski definition) is 6. The summed E-state index contributed by atoms with van der Waals surface area (Å²) in [6, 6.07) is 0.350. The number of thioether (sulfide) groups is 1. The van der Waals surface area contributed by atoms with Crippen LogP contribution in [0.5, 0.6) is 0 Å². The van der Waals surface area contributed by atoms with Crippen LogP contribution in [0.15, 0.2) is 5.16 Å². The highest BCUT2D eigenvalue weighted by molar-refractivity contribution is 7.99.